The summed E-state index contributed by atoms with van der Waals surface area (Å²) in [6, 6.07) is 9.55. The Morgan fingerprint density at radius 2 is 1.90 bits per heavy atom. The van der Waals surface area contributed by atoms with E-state index in [0.29, 0.717) is 11.8 Å². The second kappa shape index (κ2) is 6.35. The average molecular weight is 306 g/mol. The predicted molar refractivity (Wildman–Crippen MR) is 85.3 cm³/mol. The van der Waals surface area contributed by atoms with Gasteiger partial charge in [-0.2, -0.15) is 0 Å². The van der Waals surface area contributed by atoms with Crippen LogP contribution in [0, 0.1) is 0 Å². The first-order valence-electron chi connectivity index (χ1n) is 6.82. The molecule has 2 aromatic rings. The summed E-state index contributed by atoms with van der Waals surface area (Å²) in [7, 11) is 1.67. The Labute approximate surface area is 130 Å². The average Bonchev–Trinajstić information content (AvgIpc) is 2.45. The molecule has 0 amide bonds. The highest BCUT2D eigenvalue weighted by Gasteiger charge is 2.20. The minimum absolute atomic E-state index is 0.0257. The molecule has 2 rings (SSSR count). The number of benzene rings is 1. The van der Waals surface area contributed by atoms with Crippen LogP contribution in [0.2, 0.25) is 5.15 Å². The molecule has 0 aliphatic rings. The lowest BCUT2D eigenvalue weighted by Crippen LogP contribution is -2.13. The molecule has 0 spiro atoms. The molecule has 1 aromatic heterocycles. The van der Waals surface area contributed by atoms with E-state index in [1.54, 1.807) is 19.4 Å². The first kappa shape index (κ1) is 15.6. The summed E-state index contributed by atoms with van der Waals surface area (Å²) in [6.07, 6.45) is 1.72. The van der Waals surface area contributed by atoms with Crippen LogP contribution >= 0.6 is 11.6 Å². The number of ether oxygens (including phenoxy) is 2. The molecule has 0 bridgehead atoms. The Hall–Kier alpha value is -1.74. The second-order valence-corrected chi connectivity index (χ2v) is 6.28. The molecule has 0 saturated heterocycles. The monoisotopic (exact) mass is 305 g/mol. The summed E-state index contributed by atoms with van der Waals surface area (Å²) >= 11 is 5.78. The molecule has 0 N–H and O–H groups in total. The normalized spacial score (nSPS) is 11.3. The number of methoxy groups -OCH3 is 1. The fraction of sp³-hybridized carbons (Fsp3) is 0.353. The summed E-state index contributed by atoms with van der Waals surface area (Å²) in [5, 5.41) is 0.485. The van der Waals surface area contributed by atoms with Crippen molar-refractivity contribution in [2.75, 3.05) is 7.11 Å². The fourth-order valence-electron chi connectivity index (χ4n) is 2.00. The van der Waals surface area contributed by atoms with Gasteiger partial charge in [-0.05, 0) is 29.7 Å². The van der Waals surface area contributed by atoms with Crippen LogP contribution in [0.25, 0.3) is 0 Å². The molecule has 1 heterocycles. The SMILES string of the molecule is COc1ccc(OCc2ccc(Cl)nc2)c(C(C)(C)C)c1. The lowest BCUT2D eigenvalue weighted by Gasteiger charge is -2.23. The van der Waals surface area contributed by atoms with E-state index < -0.39 is 0 Å². The van der Waals surface area contributed by atoms with Gasteiger partial charge in [0.15, 0.2) is 0 Å². The maximum atomic E-state index is 5.95. The van der Waals surface area contributed by atoms with E-state index in [1.165, 1.54) is 0 Å². The van der Waals surface area contributed by atoms with Crippen LogP contribution in [0.1, 0.15) is 31.9 Å². The summed E-state index contributed by atoms with van der Waals surface area (Å²) in [5.41, 5.74) is 2.07. The van der Waals surface area contributed by atoms with E-state index >= 15 is 0 Å². The highest BCUT2D eigenvalue weighted by Crippen LogP contribution is 2.34. The summed E-state index contributed by atoms with van der Waals surface area (Å²) in [6.45, 7) is 6.91. The Kier molecular flexibility index (Phi) is 4.73. The van der Waals surface area contributed by atoms with Gasteiger partial charge in [-0.15, -0.1) is 0 Å². The number of nitrogens with zero attached hydrogens (tertiary/aromatic N) is 1. The van der Waals surface area contributed by atoms with Crippen LogP contribution in [-0.4, -0.2) is 12.1 Å². The van der Waals surface area contributed by atoms with Gasteiger partial charge >= 0.3 is 0 Å². The van der Waals surface area contributed by atoms with E-state index in [2.05, 4.69) is 25.8 Å². The van der Waals surface area contributed by atoms with Gasteiger partial charge in [0.2, 0.25) is 0 Å². The summed E-state index contributed by atoms with van der Waals surface area (Å²) < 4.78 is 11.3. The van der Waals surface area contributed by atoms with Crippen molar-refractivity contribution < 1.29 is 9.47 Å². The minimum atomic E-state index is -0.0257. The zero-order chi connectivity index (χ0) is 15.5. The number of rotatable bonds is 4. The van der Waals surface area contributed by atoms with Crippen LogP contribution in [0.5, 0.6) is 11.5 Å². The van der Waals surface area contributed by atoms with Crippen LogP contribution < -0.4 is 9.47 Å². The molecule has 112 valence electrons. The molecule has 0 aliphatic carbocycles. The van der Waals surface area contributed by atoms with Gasteiger partial charge in [0, 0.05) is 17.3 Å². The molecule has 21 heavy (non-hydrogen) atoms. The van der Waals surface area contributed by atoms with Gasteiger partial charge in [0.1, 0.15) is 23.3 Å². The van der Waals surface area contributed by atoms with Crippen molar-refractivity contribution in [1.82, 2.24) is 4.98 Å². The quantitative estimate of drug-likeness (QED) is 0.772. The van der Waals surface area contributed by atoms with Crippen molar-refractivity contribution in [3.05, 3.63) is 52.8 Å². The molecule has 0 fully saturated rings. The molecule has 0 saturated carbocycles. The van der Waals surface area contributed by atoms with E-state index in [-0.39, 0.29) is 5.41 Å². The third kappa shape index (κ3) is 4.11. The molecule has 4 heteroatoms. The Morgan fingerprint density at radius 3 is 2.48 bits per heavy atom. The van der Waals surface area contributed by atoms with E-state index in [1.807, 2.05) is 24.3 Å². The van der Waals surface area contributed by atoms with Gasteiger partial charge in [-0.1, -0.05) is 38.4 Å². The third-order valence-electron chi connectivity index (χ3n) is 3.18. The fourth-order valence-corrected chi connectivity index (χ4v) is 2.11. The minimum Gasteiger partial charge on any atom is -0.497 e. The zero-order valence-electron chi connectivity index (χ0n) is 12.8. The molecule has 3 nitrogen and oxygen atoms in total. The highest BCUT2D eigenvalue weighted by atomic mass is 35.5. The van der Waals surface area contributed by atoms with Crippen molar-refractivity contribution in [3.8, 4) is 11.5 Å². The van der Waals surface area contributed by atoms with Crippen molar-refractivity contribution in [1.29, 1.82) is 0 Å². The van der Waals surface area contributed by atoms with E-state index in [0.717, 1.165) is 22.6 Å². The van der Waals surface area contributed by atoms with Crippen LogP contribution in [-0.2, 0) is 12.0 Å². The number of halogens is 1. The van der Waals surface area contributed by atoms with Gasteiger partial charge in [0.05, 0.1) is 7.11 Å². The maximum absolute atomic E-state index is 5.95. The number of hydrogen-bond donors (Lipinski definition) is 0. The largest absolute Gasteiger partial charge is 0.497 e. The third-order valence-corrected chi connectivity index (χ3v) is 3.40. The predicted octanol–water partition coefficient (Wildman–Crippen LogP) is 4.62. The van der Waals surface area contributed by atoms with E-state index in [4.69, 9.17) is 21.1 Å². The number of aromatic nitrogens is 1. The highest BCUT2D eigenvalue weighted by molar-refractivity contribution is 6.29. The van der Waals surface area contributed by atoms with Crippen molar-refractivity contribution >= 4 is 11.6 Å². The van der Waals surface area contributed by atoms with Gasteiger partial charge in [-0.3, -0.25) is 0 Å². The van der Waals surface area contributed by atoms with Crippen LogP contribution in [0.4, 0.5) is 0 Å². The van der Waals surface area contributed by atoms with Gasteiger partial charge in [-0.25, -0.2) is 4.98 Å². The van der Waals surface area contributed by atoms with Crippen LogP contribution in [0.15, 0.2) is 36.5 Å². The molecule has 0 atom stereocenters. The Bertz CT molecular complexity index is 603. The second-order valence-electron chi connectivity index (χ2n) is 5.89. The lowest BCUT2D eigenvalue weighted by molar-refractivity contribution is 0.296. The standard InChI is InChI=1S/C17H20ClNO2/c1-17(2,3)14-9-13(20-4)6-7-15(14)21-11-12-5-8-16(18)19-10-12/h5-10H,11H2,1-4H3. The first-order chi connectivity index (χ1) is 9.90. The topological polar surface area (TPSA) is 31.4 Å². The zero-order valence-corrected chi connectivity index (χ0v) is 13.6. The number of pyridine rings is 1. The lowest BCUT2D eigenvalue weighted by atomic mass is 9.86. The van der Waals surface area contributed by atoms with Gasteiger partial charge in [0.25, 0.3) is 0 Å². The smallest absolute Gasteiger partial charge is 0.129 e. The summed E-state index contributed by atoms with van der Waals surface area (Å²) in [5.74, 6) is 1.69. The molecular weight excluding hydrogens is 286 g/mol. The first-order valence-corrected chi connectivity index (χ1v) is 7.19. The van der Waals surface area contributed by atoms with Crippen molar-refractivity contribution in [2.24, 2.45) is 0 Å². The van der Waals surface area contributed by atoms with Crippen LogP contribution in [0.3, 0.4) is 0 Å². The van der Waals surface area contributed by atoms with Crippen molar-refractivity contribution in [2.45, 2.75) is 32.8 Å². The summed E-state index contributed by atoms with van der Waals surface area (Å²) in [4.78, 5) is 4.06. The van der Waals surface area contributed by atoms with Crippen molar-refractivity contribution in [3.63, 3.8) is 0 Å². The Balaban J connectivity index is 2.21. The van der Waals surface area contributed by atoms with Gasteiger partial charge < -0.3 is 9.47 Å². The number of hydrogen-bond acceptors (Lipinski definition) is 3. The maximum Gasteiger partial charge on any atom is 0.129 e. The molecule has 0 unspecified atom stereocenters. The molecule has 1 aromatic carbocycles. The Morgan fingerprint density at radius 1 is 1.14 bits per heavy atom. The molecular formula is C17H20ClNO2. The van der Waals surface area contributed by atoms with E-state index in [9.17, 15) is 0 Å². The molecule has 0 aliphatic heterocycles. The molecule has 0 radical (unpaired) electrons.